The highest BCUT2D eigenvalue weighted by Crippen LogP contribution is 2.21. The van der Waals surface area contributed by atoms with E-state index >= 15 is 0 Å². The third-order valence-corrected chi connectivity index (χ3v) is 3.13. The first-order valence-electron chi connectivity index (χ1n) is 6.47. The average Bonchev–Trinajstić information content (AvgIpc) is 2.38. The number of nitrogens with zero attached hydrogens (tertiary/aromatic N) is 1. The molecule has 2 rings (SSSR count). The highest BCUT2D eigenvalue weighted by Gasteiger charge is 2.29. The van der Waals surface area contributed by atoms with Crippen molar-refractivity contribution < 1.29 is 9.84 Å². The minimum Gasteiger partial charge on any atom is -0.388 e. The van der Waals surface area contributed by atoms with Gasteiger partial charge in [-0.05, 0) is 19.1 Å². The van der Waals surface area contributed by atoms with E-state index in [9.17, 15) is 5.11 Å². The minimum atomic E-state index is -0.673. The molecule has 0 bridgehead atoms. The fourth-order valence-corrected chi connectivity index (χ4v) is 2.00. The molecule has 5 heteroatoms. The standard InChI is InChI=1S/C13H21N3O2/c1-2-14-11-4-3-5-12(16-11)15-10-13(17)6-8-18-9-7-13/h3-5,17H,2,6-10H2,1H3,(H2,14,15,16). The Kier molecular flexibility index (Phi) is 4.38. The number of pyridine rings is 1. The number of aliphatic hydroxyl groups is 1. The molecule has 18 heavy (non-hydrogen) atoms. The lowest BCUT2D eigenvalue weighted by atomic mass is 9.94. The maximum Gasteiger partial charge on any atom is 0.128 e. The van der Waals surface area contributed by atoms with Crippen LogP contribution >= 0.6 is 0 Å². The highest BCUT2D eigenvalue weighted by atomic mass is 16.5. The van der Waals surface area contributed by atoms with Gasteiger partial charge >= 0.3 is 0 Å². The summed E-state index contributed by atoms with van der Waals surface area (Å²) in [4.78, 5) is 4.41. The van der Waals surface area contributed by atoms with Crippen molar-refractivity contribution in [1.82, 2.24) is 4.98 Å². The van der Waals surface area contributed by atoms with Gasteiger partial charge in [-0.2, -0.15) is 0 Å². The van der Waals surface area contributed by atoms with Gasteiger partial charge in [-0.3, -0.25) is 0 Å². The van der Waals surface area contributed by atoms with E-state index in [4.69, 9.17) is 4.74 Å². The summed E-state index contributed by atoms with van der Waals surface area (Å²) in [5, 5.41) is 16.7. The normalized spacial score (nSPS) is 18.3. The molecule has 100 valence electrons. The second-order valence-corrected chi connectivity index (χ2v) is 4.63. The van der Waals surface area contributed by atoms with Crippen LogP contribution in [0.3, 0.4) is 0 Å². The average molecular weight is 251 g/mol. The molecule has 0 radical (unpaired) electrons. The van der Waals surface area contributed by atoms with Crippen LogP contribution in [0.4, 0.5) is 11.6 Å². The molecule has 0 aromatic carbocycles. The Morgan fingerprint density at radius 1 is 1.28 bits per heavy atom. The maximum absolute atomic E-state index is 10.3. The summed E-state index contributed by atoms with van der Waals surface area (Å²) in [7, 11) is 0. The summed E-state index contributed by atoms with van der Waals surface area (Å²) in [6.45, 7) is 4.65. The number of anilines is 2. The summed E-state index contributed by atoms with van der Waals surface area (Å²) >= 11 is 0. The minimum absolute atomic E-state index is 0.513. The lowest BCUT2D eigenvalue weighted by Crippen LogP contribution is -2.42. The molecule has 0 saturated carbocycles. The number of hydrogen-bond donors (Lipinski definition) is 3. The van der Waals surface area contributed by atoms with Gasteiger partial charge in [0.05, 0.1) is 5.60 Å². The molecule has 1 saturated heterocycles. The number of nitrogens with one attached hydrogen (secondary N) is 2. The number of hydrogen-bond acceptors (Lipinski definition) is 5. The van der Waals surface area contributed by atoms with Gasteiger partial charge in [-0.15, -0.1) is 0 Å². The van der Waals surface area contributed by atoms with E-state index in [0.29, 0.717) is 32.6 Å². The maximum atomic E-state index is 10.3. The SMILES string of the molecule is CCNc1cccc(NCC2(O)CCOCC2)n1. The summed E-state index contributed by atoms with van der Waals surface area (Å²) < 4.78 is 5.25. The zero-order valence-corrected chi connectivity index (χ0v) is 10.8. The lowest BCUT2D eigenvalue weighted by molar-refractivity contribution is -0.0543. The lowest BCUT2D eigenvalue weighted by Gasteiger charge is -2.32. The topological polar surface area (TPSA) is 66.4 Å². The molecule has 0 spiro atoms. The van der Waals surface area contributed by atoms with Crippen LogP contribution in [0.1, 0.15) is 19.8 Å². The van der Waals surface area contributed by atoms with E-state index in [1.807, 2.05) is 25.1 Å². The molecule has 3 N–H and O–H groups in total. The molecule has 2 heterocycles. The third kappa shape index (κ3) is 3.58. The first-order chi connectivity index (χ1) is 8.72. The molecule has 1 aliphatic rings. The molecular formula is C13H21N3O2. The zero-order chi connectivity index (χ0) is 12.8. The summed E-state index contributed by atoms with van der Waals surface area (Å²) in [6, 6.07) is 5.78. The summed E-state index contributed by atoms with van der Waals surface area (Å²) in [6.07, 6.45) is 1.35. The fourth-order valence-electron chi connectivity index (χ4n) is 2.00. The highest BCUT2D eigenvalue weighted by molar-refractivity contribution is 5.45. The smallest absolute Gasteiger partial charge is 0.128 e. The largest absolute Gasteiger partial charge is 0.388 e. The first kappa shape index (κ1) is 13.1. The van der Waals surface area contributed by atoms with Crippen molar-refractivity contribution in [2.75, 3.05) is 36.9 Å². The van der Waals surface area contributed by atoms with Crippen LogP contribution in [-0.2, 0) is 4.74 Å². The fraction of sp³-hybridized carbons (Fsp3) is 0.615. The van der Waals surface area contributed by atoms with E-state index < -0.39 is 5.60 Å². The Morgan fingerprint density at radius 3 is 2.61 bits per heavy atom. The van der Waals surface area contributed by atoms with E-state index in [1.165, 1.54) is 0 Å². The molecule has 0 amide bonds. The van der Waals surface area contributed by atoms with Crippen LogP contribution in [0, 0.1) is 0 Å². The van der Waals surface area contributed by atoms with Gasteiger partial charge in [-0.1, -0.05) is 6.07 Å². The Bertz CT molecular complexity index is 378. The van der Waals surface area contributed by atoms with Crippen LogP contribution in [-0.4, -0.2) is 42.0 Å². The van der Waals surface area contributed by atoms with Crippen molar-refractivity contribution in [1.29, 1.82) is 0 Å². The molecule has 1 fully saturated rings. The molecule has 1 aromatic heterocycles. The predicted octanol–water partition coefficient (Wildman–Crippen LogP) is 1.47. The molecule has 0 aliphatic carbocycles. The molecular weight excluding hydrogens is 230 g/mol. The van der Waals surface area contributed by atoms with Crippen molar-refractivity contribution in [2.24, 2.45) is 0 Å². The van der Waals surface area contributed by atoms with Crippen molar-refractivity contribution in [3.05, 3.63) is 18.2 Å². The quantitative estimate of drug-likeness (QED) is 0.739. The second-order valence-electron chi connectivity index (χ2n) is 4.63. The summed E-state index contributed by atoms with van der Waals surface area (Å²) in [5.74, 6) is 1.63. The van der Waals surface area contributed by atoms with Crippen LogP contribution in [0.5, 0.6) is 0 Å². The number of aromatic nitrogens is 1. The molecule has 0 atom stereocenters. The number of rotatable bonds is 5. The van der Waals surface area contributed by atoms with Crippen LogP contribution in [0.25, 0.3) is 0 Å². The molecule has 1 aromatic rings. The zero-order valence-electron chi connectivity index (χ0n) is 10.8. The van der Waals surface area contributed by atoms with Crippen LogP contribution in [0.15, 0.2) is 18.2 Å². The second kappa shape index (κ2) is 6.02. The van der Waals surface area contributed by atoms with Gasteiger partial charge in [0.15, 0.2) is 0 Å². The van der Waals surface area contributed by atoms with Crippen molar-refractivity contribution >= 4 is 11.6 Å². The van der Waals surface area contributed by atoms with Crippen molar-refractivity contribution in [3.63, 3.8) is 0 Å². The Balaban J connectivity index is 1.90. The van der Waals surface area contributed by atoms with Gasteiger partial charge in [0.2, 0.25) is 0 Å². The summed E-state index contributed by atoms with van der Waals surface area (Å²) in [5.41, 5.74) is -0.673. The molecule has 1 aliphatic heterocycles. The monoisotopic (exact) mass is 251 g/mol. The van der Waals surface area contributed by atoms with Gasteiger partial charge in [0.1, 0.15) is 11.6 Å². The van der Waals surface area contributed by atoms with Crippen LogP contribution in [0.2, 0.25) is 0 Å². The van der Waals surface area contributed by atoms with E-state index in [0.717, 1.165) is 18.2 Å². The third-order valence-electron chi connectivity index (χ3n) is 3.13. The number of ether oxygens (including phenoxy) is 1. The van der Waals surface area contributed by atoms with Crippen molar-refractivity contribution in [2.45, 2.75) is 25.4 Å². The molecule has 5 nitrogen and oxygen atoms in total. The molecule has 0 unspecified atom stereocenters. The van der Waals surface area contributed by atoms with E-state index in [2.05, 4.69) is 15.6 Å². The predicted molar refractivity (Wildman–Crippen MR) is 71.9 cm³/mol. The Labute approximate surface area is 108 Å². The van der Waals surface area contributed by atoms with E-state index in [1.54, 1.807) is 0 Å². The van der Waals surface area contributed by atoms with Gasteiger partial charge < -0.3 is 20.5 Å². The van der Waals surface area contributed by atoms with Gasteiger partial charge in [0.25, 0.3) is 0 Å². The van der Waals surface area contributed by atoms with Gasteiger partial charge in [-0.25, -0.2) is 4.98 Å². The van der Waals surface area contributed by atoms with Crippen molar-refractivity contribution in [3.8, 4) is 0 Å². The first-order valence-corrected chi connectivity index (χ1v) is 6.47. The van der Waals surface area contributed by atoms with Crippen LogP contribution < -0.4 is 10.6 Å². The van der Waals surface area contributed by atoms with Gasteiger partial charge in [0, 0.05) is 39.1 Å². The van der Waals surface area contributed by atoms with E-state index in [-0.39, 0.29) is 0 Å². The Morgan fingerprint density at radius 2 is 1.94 bits per heavy atom. The Hall–Kier alpha value is -1.33.